The van der Waals surface area contributed by atoms with Crippen molar-refractivity contribution >= 4 is 11.8 Å². The van der Waals surface area contributed by atoms with E-state index in [1.165, 1.54) is 0 Å². The molecule has 2 heterocycles. The Labute approximate surface area is 99.5 Å². The second kappa shape index (κ2) is 5.29. The molecule has 6 heteroatoms. The number of nitrogens with zero attached hydrogens (tertiary/aromatic N) is 3. The monoisotopic (exact) mass is 233 g/mol. The highest BCUT2D eigenvalue weighted by molar-refractivity contribution is 5.46. The summed E-state index contributed by atoms with van der Waals surface area (Å²) in [5.74, 6) is 1.43. The van der Waals surface area contributed by atoms with Crippen molar-refractivity contribution in [3.05, 3.63) is 29.8 Å². The Kier molecular flexibility index (Phi) is 3.54. The zero-order chi connectivity index (χ0) is 12.1. The van der Waals surface area contributed by atoms with Crippen molar-refractivity contribution in [1.82, 2.24) is 15.1 Å². The van der Waals surface area contributed by atoms with Gasteiger partial charge in [-0.05, 0) is 13.8 Å². The Balaban J connectivity index is 2.06. The van der Waals surface area contributed by atoms with E-state index in [-0.39, 0.29) is 0 Å². The molecule has 0 spiro atoms. The molecule has 2 N–H and O–H groups in total. The van der Waals surface area contributed by atoms with E-state index >= 15 is 0 Å². The molecule has 0 unspecified atom stereocenters. The number of hydrogen-bond acceptors (Lipinski definition) is 6. The van der Waals surface area contributed by atoms with Gasteiger partial charge < -0.3 is 15.2 Å². The van der Waals surface area contributed by atoms with E-state index < -0.39 is 0 Å². The van der Waals surface area contributed by atoms with Gasteiger partial charge >= 0.3 is 0 Å². The van der Waals surface area contributed by atoms with E-state index in [2.05, 4.69) is 25.8 Å². The molecule has 0 bridgehead atoms. The first-order chi connectivity index (χ1) is 8.29. The van der Waals surface area contributed by atoms with Gasteiger partial charge in [0, 0.05) is 24.4 Å². The average Bonchev–Trinajstić information content (AvgIpc) is 2.83. The summed E-state index contributed by atoms with van der Waals surface area (Å²) in [6, 6.07) is 1.81. The van der Waals surface area contributed by atoms with Crippen LogP contribution in [0.3, 0.4) is 0 Å². The van der Waals surface area contributed by atoms with Crippen molar-refractivity contribution in [3.63, 3.8) is 0 Å². The molecule has 0 aliphatic rings. The second-order valence-electron chi connectivity index (χ2n) is 3.60. The second-order valence-corrected chi connectivity index (χ2v) is 3.60. The lowest BCUT2D eigenvalue weighted by Gasteiger charge is -2.08. The lowest BCUT2D eigenvalue weighted by atomic mass is 10.3. The summed E-state index contributed by atoms with van der Waals surface area (Å²) >= 11 is 0. The lowest BCUT2D eigenvalue weighted by molar-refractivity contribution is 0.412. The van der Waals surface area contributed by atoms with Gasteiger partial charge in [0.05, 0.1) is 6.54 Å². The smallest absolute Gasteiger partial charge is 0.224 e. The molecule has 6 nitrogen and oxygen atoms in total. The number of aromatic nitrogens is 3. The molecule has 0 amide bonds. The van der Waals surface area contributed by atoms with E-state index in [9.17, 15) is 0 Å². The highest BCUT2D eigenvalue weighted by Gasteiger charge is 2.04. The molecule has 0 aliphatic heterocycles. The zero-order valence-corrected chi connectivity index (χ0v) is 9.90. The summed E-state index contributed by atoms with van der Waals surface area (Å²) in [4.78, 5) is 8.55. The quantitative estimate of drug-likeness (QED) is 0.820. The molecular weight excluding hydrogens is 218 g/mol. The van der Waals surface area contributed by atoms with Crippen molar-refractivity contribution < 1.29 is 4.52 Å². The third-order valence-electron chi connectivity index (χ3n) is 2.23. The topological polar surface area (TPSA) is 75.9 Å². The van der Waals surface area contributed by atoms with E-state index in [0.717, 1.165) is 23.6 Å². The Morgan fingerprint density at radius 3 is 2.94 bits per heavy atom. The minimum absolute atomic E-state index is 0.583. The van der Waals surface area contributed by atoms with Gasteiger partial charge in [0.2, 0.25) is 5.95 Å². The SMILES string of the molecule is CCNc1ncc(C)c(NCc2ccon2)n1. The van der Waals surface area contributed by atoms with Crippen LogP contribution in [0.2, 0.25) is 0 Å². The molecule has 2 aromatic rings. The normalized spacial score (nSPS) is 10.2. The summed E-state index contributed by atoms with van der Waals surface area (Å²) in [6.07, 6.45) is 3.34. The molecular formula is C11H15N5O. The molecule has 0 aromatic carbocycles. The van der Waals surface area contributed by atoms with Crippen molar-refractivity contribution in [2.24, 2.45) is 0 Å². The average molecular weight is 233 g/mol. The molecule has 2 rings (SSSR count). The van der Waals surface area contributed by atoms with Crippen LogP contribution in [0, 0.1) is 6.92 Å². The fourth-order valence-corrected chi connectivity index (χ4v) is 1.37. The van der Waals surface area contributed by atoms with Crippen LogP contribution in [0.25, 0.3) is 0 Å². The Hall–Kier alpha value is -2.11. The molecule has 0 saturated heterocycles. The minimum atomic E-state index is 0.583. The van der Waals surface area contributed by atoms with Crippen LogP contribution in [-0.2, 0) is 6.54 Å². The third-order valence-corrected chi connectivity index (χ3v) is 2.23. The maximum Gasteiger partial charge on any atom is 0.224 e. The maximum absolute atomic E-state index is 4.76. The van der Waals surface area contributed by atoms with Crippen molar-refractivity contribution in [3.8, 4) is 0 Å². The van der Waals surface area contributed by atoms with E-state index in [1.807, 2.05) is 19.9 Å². The zero-order valence-electron chi connectivity index (χ0n) is 9.90. The predicted molar refractivity (Wildman–Crippen MR) is 64.8 cm³/mol. The molecule has 0 aliphatic carbocycles. The van der Waals surface area contributed by atoms with Gasteiger partial charge in [0.1, 0.15) is 17.8 Å². The molecule has 0 saturated carbocycles. The molecule has 2 aromatic heterocycles. The summed E-state index contributed by atoms with van der Waals surface area (Å²) < 4.78 is 4.76. The fraction of sp³-hybridized carbons (Fsp3) is 0.364. The largest absolute Gasteiger partial charge is 0.364 e. The van der Waals surface area contributed by atoms with Crippen molar-refractivity contribution in [2.45, 2.75) is 20.4 Å². The first-order valence-corrected chi connectivity index (χ1v) is 5.50. The van der Waals surface area contributed by atoms with Crippen LogP contribution in [0.5, 0.6) is 0 Å². The van der Waals surface area contributed by atoms with Crippen LogP contribution in [0.4, 0.5) is 11.8 Å². The van der Waals surface area contributed by atoms with Gasteiger partial charge in [-0.25, -0.2) is 4.98 Å². The van der Waals surface area contributed by atoms with Gasteiger partial charge in [0.15, 0.2) is 0 Å². The van der Waals surface area contributed by atoms with Gasteiger partial charge in [-0.1, -0.05) is 5.16 Å². The van der Waals surface area contributed by atoms with Crippen LogP contribution >= 0.6 is 0 Å². The molecule has 90 valence electrons. The summed E-state index contributed by atoms with van der Waals surface area (Å²) in [7, 11) is 0. The highest BCUT2D eigenvalue weighted by atomic mass is 16.5. The van der Waals surface area contributed by atoms with Gasteiger partial charge in [-0.2, -0.15) is 4.98 Å². The minimum Gasteiger partial charge on any atom is -0.364 e. The van der Waals surface area contributed by atoms with E-state index in [0.29, 0.717) is 12.5 Å². The molecule has 0 radical (unpaired) electrons. The van der Waals surface area contributed by atoms with E-state index in [4.69, 9.17) is 4.52 Å². The van der Waals surface area contributed by atoms with E-state index in [1.54, 1.807) is 12.5 Å². The first kappa shape index (κ1) is 11.4. The van der Waals surface area contributed by atoms with Gasteiger partial charge in [0.25, 0.3) is 0 Å². The number of rotatable bonds is 5. The number of aryl methyl sites for hydroxylation is 1. The lowest BCUT2D eigenvalue weighted by Crippen LogP contribution is -2.08. The van der Waals surface area contributed by atoms with Crippen LogP contribution < -0.4 is 10.6 Å². The molecule has 0 fully saturated rings. The van der Waals surface area contributed by atoms with Gasteiger partial charge in [-0.3, -0.25) is 0 Å². The number of hydrogen-bond donors (Lipinski definition) is 2. The van der Waals surface area contributed by atoms with Crippen LogP contribution in [0.15, 0.2) is 23.0 Å². The maximum atomic E-state index is 4.76. The summed E-state index contributed by atoms with van der Waals surface area (Å²) in [5, 5.41) is 10.1. The standard InChI is InChI=1S/C11H15N5O/c1-3-12-11-14-6-8(2)10(15-11)13-7-9-4-5-17-16-9/h4-6H,3,7H2,1-2H3,(H2,12,13,14,15). The Morgan fingerprint density at radius 1 is 1.35 bits per heavy atom. The Morgan fingerprint density at radius 2 is 2.24 bits per heavy atom. The highest BCUT2D eigenvalue weighted by Crippen LogP contribution is 2.13. The van der Waals surface area contributed by atoms with Crippen LogP contribution in [-0.4, -0.2) is 21.7 Å². The first-order valence-electron chi connectivity index (χ1n) is 5.50. The fourth-order valence-electron chi connectivity index (χ4n) is 1.37. The number of nitrogens with one attached hydrogen (secondary N) is 2. The van der Waals surface area contributed by atoms with Crippen LogP contribution in [0.1, 0.15) is 18.2 Å². The summed E-state index contributed by atoms with van der Waals surface area (Å²) in [5.41, 5.74) is 1.84. The molecule has 17 heavy (non-hydrogen) atoms. The van der Waals surface area contributed by atoms with Crippen molar-refractivity contribution in [2.75, 3.05) is 17.2 Å². The Bertz CT molecular complexity index is 469. The molecule has 0 atom stereocenters. The van der Waals surface area contributed by atoms with Crippen molar-refractivity contribution in [1.29, 1.82) is 0 Å². The third kappa shape index (κ3) is 2.93. The predicted octanol–water partition coefficient (Wildman–Crippen LogP) is 1.82. The summed E-state index contributed by atoms with van der Waals surface area (Å²) in [6.45, 7) is 5.35. The van der Waals surface area contributed by atoms with Gasteiger partial charge in [-0.15, -0.1) is 0 Å². The number of anilines is 2.